The summed E-state index contributed by atoms with van der Waals surface area (Å²) in [5.41, 5.74) is 2.47. The number of anilines is 1. The molecule has 0 heterocycles. The van der Waals surface area contributed by atoms with Gasteiger partial charge in [0.05, 0.1) is 6.10 Å². The second kappa shape index (κ2) is 5.66. The Morgan fingerprint density at radius 2 is 2.07 bits per heavy atom. The van der Waals surface area contributed by atoms with Crippen LogP contribution in [0.1, 0.15) is 19.4 Å². The second-order valence-corrected chi connectivity index (χ2v) is 3.46. The molecule has 0 saturated carbocycles. The van der Waals surface area contributed by atoms with Crippen molar-refractivity contribution in [3.8, 4) is 0 Å². The summed E-state index contributed by atoms with van der Waals surface area (Å²) in [6.45, 7) is 7.84. The van der Waals surface area contributed by atoms with Crippen molar-refractivity contribution in [2.24, 2.45) is 0 Å². The molecule has 14 heavy (non-hydrogen) atoms. The molecule has 2 nitrogen and oxygen atoms in total. The van der Waals surface area contributed by atoms with Gasteiger partial charge in [-0.3, -0.25) is 0 Å². The smallest absolute Gasteiger partial charge is 0.0719 e. The van der Waals surface area contributed by atoms with Crippen LogP contribution >= 0.6 is 0 Å². The Hall–Kier alpha value is -1.02. The van der Waals surface area contributed by atoms with Gasteiger partial charge in [-0.2, -0.15) is 0 Å². The number of aryl methyl sites for hydroxylation is 1. The molecule has 78 valence electrons. The minimum atomic E-state index is 0.264. The molecule has 1 unspecified atom stereocenters. The third-order valence-electron chi connectivity index (χ3n) is 2.18. The molecular formula is C12H19NO. The van der Waals surface area contributed by atoms with E-state index in [1.54, 1.807) is 0 Å². The number of para-hydroxylation sites is 1. The highest BCUT2D eigenvalue weighted by Gasteiger charge is 2.01. The van der Waals surface area contributed by atoms with E-state index in [1.807, 2.05) is 19.1 Å². The molecule has 1 N–H and O–H groups in total. The average Bonchev–Trinajstić information content (AvgIpc) is 2.17. The molecule has 1 atom stereocenters. The zero-order valence-electron chi connectivity index (χ0n) is 9.21. The fourth-order valence-electron chi connectivity index (χ4n) is 1.37. The van der Waals surface area contributed by atoms with Gasteiger partial charge < -0.3 is 10.1 Å². The molecule has 1 rings (SSSR count). The van der Waals surface area contributed by atoms with Crippen molar-refractivity contribution < 1.29 is 4.74 Å². The van der Waals surface area contributed by atoms with Crippen LogP contribution in [0.4, 0.5) is 5.69 Å². The van der Waals surface area contributed by atoms with Gasteiger partial charge in [-0.1, -0.05) is 18.2 Å². The Kier molecular flexibility index (Phi) is 4.47. The SMILES string of the molecule is CCOC(C)CNc1ccccc1C. The Labute approximate surface area is 86.3 Å². The lowest BCUT2D eigenvalue weighted by molar-refractivity contribution is 0.0855. The van der Waals surface area contributed by atoms with E-state index in [4.69, 9.17) is 4.74 Å². The zero-order chi connectivity index (χ0) is 10.4. The molecular weight excluding hydrogens is 174 g/mol. The highest BCUT2D eigenvalue weighted by atomic mass is 16.5. The summed E-state index contributed by atoms with van der Waals surface area (Å²) in [6.07, 6.45) is 0.264. The topological polar surface area (TPSA) is 21.3 Å². The van der Waals surface area contributed by atoms with Gasteiger partial charge in [0.1, 0.15) is 0 Å². The maximum atomic E-state index is 5.44. The van der Waals surface area contributed by atoms with E-state index < -0.39 is 0 Å². The van der Waals surface area contributed by atoms with Gasteiger partial charge in [-0.15, -0.1) is 0 Å². The van der Waals surface area contributed by atoms with Crippen LogP contribution in [-0.4, -0.2) is 19.3 Å². The van der Waals surface area contributed by atoms with Gasteiger partial charge in [-0.25, -0.2) is 0 Å². The number of rotatable bonds is 5. The largest absolute Gasteiger partial charge is 0.382 e. The first-order valence-corrected chi connectivity index (χ1v) is 5.15. The van der Waals surface area contributed by atoms with Crippen LogP contribution in [0.25, 0.3) is 0 Å². The summed E-state index contributed by atoms with van der Waals surface area (Å²) in [5.74, 6) is 0. The molecule has 1 aromatic carbocycles. The average molecular weight is 193 g/mol. The van der Waals surface area contributed by atoms with Crippen molar-refractivity contribution in [3.05, 3.63) is 29.8 Å². The van der Waals surface area contributed by atoms with Gasteiger partial charge in [0.15, 0.2) is 0 Å². The monoisotopic (exact) mass is 193 g/mol. The third-order valence-corrected chi connectivity index (χ3v) is 2.18. The predicted molar refractivity (Wildman–Crippen MR) is 60.8 cm³/mol. The fourth-order valence-corrected chi connectivity index (χ4v) is 1.37. The number of hydrogen-bond acceptors (Lipinski definition) is 2. The standard InChI is InChI=1S/C12H19NO/c1-4-14-11(3)9-13-12-8-6-5-7-10(12)2/h5-8,11,13H,4,9H2,1-3H3. The lowest BCUT2D eigenvalue weighted by Crippen LogP contribution is -2.20. The first-order chi connectivity index (χ1) is 6.74. The molecule has 0 bridgehead atoms. The van der Waals surface area contributed by atoms with Crippen molar-refractivity contribution in [1.29, 1.82) is 0 Å². The molecule has 0 radical (unpaired) electrons. The van der Waals surface area contributed by atoms with Crippen LogP contribution in [0.2, 0.25) is 0 Å². The van der Waals surface area contributed by atoms with E-state index in [0.717, 1.165) is 13.2 Å². The van der Waals surface area contributed by atoms with Gasteiger partial charge in [-0.05, 0) is 32.4 Å². The molecule has 0 fully saturated rings. The summed E-state index contributed by atoms with van der Waals surface area (Å²) in [6, 6.07) is 8.29. The van der Waals surface area contributed by atoms with Crippen LogP contribution in [0, 0.1) is 6.92 Å². The van der Waals surface area contributed by atoms with Gasteiger partial charge >= 0.3 is 0 Å². The van der Waals surface area contributed by atoms with E-state index in [-0.39, 0.29) is 6.10 Å². The van der Waals surface area contributed by atoms with E-state index >= 15 is 0 Å². The second-order valence-electron chi connectivity index (χ2n) is 3.46. The maximum Gasteiger partial charge on any atom is 0.0719 e. The maximum absolute atomic E-state index is 5.44. The number of ether oxygens (including phenoxy) is 1. The molecule has 0 spiro atoms. The minimum Gasteiger partial charge on any atom is -0.382 e. The van der Waals surface area contributed by atoms with Crippen LogP contribution < -0.4 is 5.32 Å². The van der Waals surface area contributed by atoms with Gasteiger partial charge in [0.2, 0.25) is 0 Å². The Morgan fingerprint density at radius 1 is 1.36 bits per heavy atom. The highest BCUT2D eigenvalue weighted by molar-refractivity contribution is 5.50. The fraction of sp³-hybridized carbons (Fsp3) is 0.500. The molecule has 2 heteroatoms. The number of nitrogens with one attached hydrogen (secondary N) is 1. The molecule has 0 aromatic heterocycles. The quantitative estimate of drug-likeness (QED) is 0.776. The minimum absolute atomic E-state index is 0.264. The van der Waals surface area contributed by atoms with Crippen molar-refractivity contribution in [2.45, 2.75) is 26.9 Å². The van der Waals surface area contributed by atoms with E-state index in [9.17, 15) is 0 Å². The Bertz CT molecular complexity index is 273. The number of hydrogen-bond donors (Lipinski definition) is 1. The lowest BCUT2D eigenvalue weighted by Gasteiger charge is -2.14. The van der Waals surface area contributed by atoms with E-state index in [0.29, 0.717) is 0 Å². The van der Waals surface area contributed by atoms with Gasteiger partial charge in [0, 0.05) is 18.8 Å². The van der Waals surface area contributed by atoms with E-state index in [2.05, 4.69) is 31.3 Å². The number of benzene rings is 1. The van der Waals surface area contributed by atoms with Crippen LogP contribution in [0.3, 0.4) is 0 Å². The molecule has 0 aliphatic rings. The van der Waals surface area contributed by atoms with Crippen LogP contribution in [0.5, 0.6) is 0 Å². The highest BCUT2D eigenvalue weighted by Crippen LogP contribution is 2.12. The Morgan fingerprint density at radius 3 is 2.71 bits per heavy atom. The molecule has 0 aliphatic heterocycles. The lowest BCUT2D eigenvalue weighted by atomic mass is 10.2. The summed E-state index contributed by atoms with van der Waals surface area (Å²) in [4.78, 5) is 0. The summed E-state index contributed by atoms with van der Waals surface area (Å²) < 4.78 is 5.44. The first kappa shape index (κ1) is 11.1. The van der Waals surface area contributed by atoms with Crippen LogP contribution in [0.15, 0.2) is 24.3 Å². The summed E-state index contributed by atoms with van der Waals surface area (Å²) in [5, 5.41) is 3.37. The van der Waals surface area contributed by atoms with Crippen molar-refractivity contribution in [1.82, 2.24) is 0 Å². The normalized spacial score (nSPS) is 12.5. The first-order valence-electron chi connectivity index (χ1n) is 5.15. The third kappa shape index (κ3) is 3.38. The van der Waals surface area contributed by atoms with Crippen molar-refractivity contribution in [3.63, 3.8) is 0 Å². The zero-order valence-corrected chi connectivity index (χ0v) is 9.21. The summed E-state index contributed by atoms with van der Waals surface area (Å²) in [7, 11) is 0. The molecule has 0 saturated heterocycles. The molecule has 0 aliphatic carbocycles. The molecule has 1 aromatic rings. The van der Waals surface area contributed by atoms with Crippen molar-refractivity contribution in [2.75, 3.05) is 18.5 Å². The van der Waals surface area contributed by atoms with Crippen LogP contribution in [-0.2, 0) is 4.74 Å². The summed E-state index contributed by atoms with van der Waals surface area (Å²) >= 11 is 0. The van der Waals surface area contributed by atoms with Crippen molar-refractivity contribution >= 4 is 5.69 Å². The Balaban J connectivity index is 2.41. The van der Waals surface area contributed by atoms with E-state index in [1.165, 1.54) is 11.3 Å². The van der Waals surface area contributed by atoms with Gasteiger partial charge in [0.25, 0.3) is 0 Å². The molecule has 0 amide bonds. The predicted octanol–water partition coefficient (Wildman–Crippen LogP) is 2.83.